The number of carbonyl (C=O) groups excluding carboxylic acids is 1. The second-order valence-electron chi connectivity index (χ2n) is 6.47. The van der Waals surface area contributed by atoms with Gasteiger partial charge in [0.05, 0.1) is 18.8 Å². The predicted octanol–water partition coefficient (Wildman–Crippen LogP) is 3.65. The van der Waals surface area contributed by atoms with Crippen LogP contribution >= 0.6 is 0 Å². The number of benzene rings is 1. The third-order valence-corrected chi connectivity index (χ3v) is 4.46. The Morgan fingerprint density at radius 1 is 1.41 bits per heavy atom. The van der Waals surface area contributed by atoms with Crippen molar-refractivity contribution in [2.24, 2.45) is 0 Å². The van der Waals surface area contributed by atoms with E-state index >= 15 is 0 Å². The summed E-state index contributed by atoms with van der Waals surface area (Å²) in [5.41, 5.74) is 1.90. The Bertz CT molecular complexity index is 804. The molecule has 0 aliphatic carbocycles. The number of hydrogen-bond acceptors (Lipinski definition) is 5. The number of fused-ring (bicyclic) bond motifs is 1. The first-order valence-electron chi connectivity index (χ1n) is 8.51. The molecular formula is C18H20F3NO5. The molecule has 2 aromatic rings. The number of carbonyl (C=O) groups is 1. The maximum absolute atomic E-state index is 12.3. The van der Waals surface area contributed by atoms with Crippen molar-refractivity contribution < 1.29 is 37.0 Å². The summed E-state index contributed by atoms with van der Waals surface area (Å²) in [6, 6.07) is 5.27. The van der Waals surface area contributed by atoms with E-state index in [1.54, 1.807) is 18.2 Å². The summed E-state index contributed by atoms with van der Waals surface area (Å²) in [5, 5.41) is 9.75. The fraction of sp³-hybridized carbons (Fsp3) is 0.500. The van der Waals surface area contributed by atoms with Crippen LogP contribution in [0.4, 0.5) is 23.7 Å². The molecule has 9 heteroatoms. The fourth-order valence-corrected chi connectivity index (χ4v) is 3.08. The largest absolute Gasteiger partial charge is 0.462 e. The topological polar surface area (TPSA) is 72.1 Å². The molecule has 1 aliphatic heterocycles. The Morgan fingerprint density at radius 3 is 2.89 bits per heavy atom. The second-order valence-corrected chi connectivity index (χ2v) is 6.47. The van der Waals surface area contributed by atoms with E-state index in [1.807, 2.05) is 0 Å². The van der Waals surface area contributed by atoms with Crippen molar-refractivity contribution in [2.45, 2.75) is 37.6 Å². The number of methoxy groups -OCH3 is 1. The first-order chi connectivity index (χ1) is 12.8. The molecule has 1 saturated heterocycles. The van der Waals surface area contributed by atoms with Crippen LogP contribution in [0.5, 0.6) is 0 Å². The minimum atomic E-state index is -4.59. The monoisotopic (exact) mass is 387 g/mol. The van der Waals surface area contributed by atoms with Crippen molar-refractivity contribution in [1.29, 1.82) is 0 Å². The summed E-state index contributed by atoms with van der Waals surface area (Å²) in [6.07, 6.45) is -6.07. The fourth-order valence-electron chi connectivity index (χ4n) is 3.08. The first-order valence-corrected chi connectivity index (χ1v) is 8.51. The predicted molar refractivity (Wildman–Crippen MR) is 90.7 cm³/mol. The second kappa shape index (κ2) is 7.77. The molecule has 1 N–H and O–H groups in total. The Hall–Kier alpha value is -2.26. The molecule has 0 radical (unpaired) electrons. The lowest BCUT2D eigenvalue weighted by atomic mass is 10.0. The van der Waals surface area contributed by atoms with Crippen LogP contribution in [0.1, 0.15) is 18.4 Å². The minimum absolute atomic E-state index is 0.191. The average Bonchev–Trinajstić information content (AvgIpc) is 3.17. The van der Waals surface area contributed by atoms with Crippen molar-refractivity contribution in [3.8, 4) is 0 Å². The van der Waals surface area contributed by atoms with Gasteiger partial charge in [0, 0.05) is 12.5 Å². The van der Waals surface area contributed by atoms with Crippen molar-refractivity contribution in [2.75, 3.05) is 25.2 Å². The van der Waals surface area contributed by atoms with E-state index in [0.717, 1.165) is 5.56 Å². The van der Waals surface area contributed by atoms with E-state index in [1.165, 1.54) is 18.3 Å². The van der Waals surface area contributed by atoms with Crippen molar-refractivity contribution in [1.82, 2.24) is 0 Å². The zero-order valence-corrected chi connectivity index (χ0v) is 14.7. The summed E-state index contributed by atoms with van der Waals surface area (Å²) < 4.78 is 52.7. The van der Waals surface area contributed by atoms with Crippen LogP contribution in [0, 0.1) is 0 Å². The van der Waals surface area contributed by atoms with E-state index in [9.17, 15) is 18.0 Å². The molecule has 1 fully saturated rings. The molecule has 6 nitrogen and oxygen atoms in total. The standard InChI is InChI=1S/C18H20F3NO5/c1-25-9-12-8-22(17(24)27-12)14-10-26-15-7-11(5-6-13(14)15)3-2-4-16(23)18(19,20)21/h5-7,10,12,16,23H,2-4,8-9H2,1H3/t12-,16?/m1/s1. The number of anilines is 1. The van der Waals surface area contributed by atoms with Crippen molar-refractivity contribution in [3.05, 3.63) is 30.0 Å². The molecule has 1 aliphatic rings. The van der Waals surface area contributed by atoms with Gasteiger partial charge in [0.25, 0.3) is 0 Å². The van der Waals surface area contributed by atoms with Gasteiger partial charge in [-0.3, -0.25) is 4.90 Å². The molecule has 1 amide bonds. The third-order valence-electron chi connectivity index (χ3n) is 4.46. The number of halogens is 3. The molecule has 0 bridgehead atoms. The van der Waals surface area contributed by atoms with Crippen LogP contribution in [-0.2, 0) is 15.9 Å². The van der Waals surface area contributed by atoms with Crippen LogP contribution < -0.4 is 4.90 Å². The maximum Gasteiger partial charge on any atom is 0.414 e. The van der Waals surface area contributed by atoms with E-state index in [-0.39, 0.29) is 18.9 Å². The summed E-state index contributed by atoms with van der Waals surface area (Å²) in [6.45, 7) is 0.643. The van der Waals surface area contributed by atoms with Crippen LogP contribution in [0.2, 0.25) is 0 Å². The maximum atomic E-state index is 12.3. The Balaban J connectivity index is 1.67. The highest BCUT2D eigenvalue weighted by atomic mass is 19.4. The summed E-state index contributed by atoms with van der Waals surface area (Å²) in [5.74, 6) is 0. The molecular weight excluding hydrogens is 367 g/mol. The number of amides is 1. The zero-order valence-electron chi connectivity index (χ0n) is 14.7. The number of rotatable bonds is 7. The van der Waals surface area contributed by atoms with Gasteiger partial charge in [0.2, 0.25) is 0 Å². The van der Waals surface area contributed by atoms with Gasteiger partial charge < -0.3 is 19.0 Å². The molecule has 1 aromatic heterocycles. The van der Waals surface area contributed by atoms with Gasteiger partial charge in [0.1, 0.15) is 24.1 Å². The van der Waals surface area contributed by atoms with Gasteiger partial charge in [-0.05, 0) is 37.0 Å². The number of aryl methyl sites for hydroxylation is 1. The van der Waals surface area contributed by atoms with Crippen LogP contribution in [0.3, 0.4) is 0 Å². The third kappa shape index (κ3) is 4.36. The highest BCUT2D eigenvalue weighted by Crippen LogP contribution is 2.33. The molecule has 0 spiro atoms. The summed E-state index contributed by atoms with van der Waals surface area (Å²) in [7, 11) is 1.53. The number of cyclic esters (lactones) is 1. The van der Waals surface area contributed by atoms with Crippen LogP contribution in [0.15, 0.2) is 28.9 Å². The van der Waals surface area contributed by atoms with Crippen molar-refractivity contribution >= 4 is 22.7 Å². The number of aliphatic hydroxyl groups is 1. The molecule has 0 saturated carbocycles. The number of nitrogens with zero attached hydrogens (tertiary/aromatic N) is 1. The van der Waals surface area contributed by atoms with Gasteiger partial charge in [-0.1, -0.05) is 6.07 Å². The van der Waals surface area contributed by atoms with E-state index in [2.05, 4.69) is 0 Å². The summed E-state index contributed by atoms with van der Waals surface area (Å²) >= 11 is 0. The number of aliphatic hydroxyl groups excluding tert-OH is 1. The van der Waals surface area contributed by atoms with Crippen LogP contribution in [-0.4, -0.2) is 49.8 Å². The zero-order chi connectivity index (χ0) is 19.6. The molecule has 1 unspecified atom stereocenters. The molecule has 148 valence electrons. The van der Waals surface area contributed by atoms with E-state index in [0.29, 0.717) is 36.2 Å². The van der Waals surface area contributed by atoms with Gasteiger partial charge in [0.15, 0.2) is 0 Å². The SMILES string of the molecule is COC[C@H]1CN(c2coc3cc(CCCC(O)C(F)(F)F)ccc23)C(=O)O1. The minimum Gasteiger partial charge on any atom is -0.462 e. The molecule has 2 heterocycles. The van der Waals surface area contributed by atoms with Gasteiger partial charge >= 0.3 is 12.3 Å². The lowest BCUT2D eigenvalue weighted by Crippen LogP contribution is -2.28. The Kier molecular flexibility index (Phi) is 5.61. The Labute approximate surface area is 153 Å². The first kappa shape index (κ1) is 19.5. The smallest absolute Gasteiger partial charge is 0.414 e. The highest BCUT2D eigenvalue weighted by molar-refractivity contribution is 6.01. The number of hydrogen-bond donors (Lipinski definition) is 1. The Morgan fingerprint density at radius 2 is 2.19 bits per heavy atom. The van der Waals surface area contributed by atoms with Gasteiger partial charge in [-0.25, -0.2) is 4.79 Å². The van der Waals surface area contributed by atoms with Crippen LogP contribution in [0.25, 0.3) is 11.0 Å². The number of furan rings is 1. The lowest BCUT2D eigenvalue weighted by Gasteiger charge is -2.14. The molecule has 1 aromatic carbocycles. The highest BCUT2D eigenvalue weighted by Gasteiger charge is 2.37. The average molecular weight is 387 g/mol. The lowest BCUT2D eigenvalue weighted by molar-refractivity contribution is -0.205. The molecule has 2 atom stereocenters. The number of alkyl halides is 3. The quantitative estimate of drug-likeness (QED) is 0.785. The van der Waals surface area contributed by atoms with Crippen molar-refractivity contribution in [3.63, 3.8) is 0 Å². The van der Waals surface area contributed by atoms with E-state index < -0.39 is 18.4 Å². The number of ether oxygens (including phenoxy) is 2. The normalized spacial score (nSPS) is 18.9. The van der Waals surface area contributed by atoms with Gasteiger partial charge in [-0.2, -0.15) is 13.2 Å². The molecule has 3 rings (SSSR count). The van der Waals surface area contributed by atoms with Gasteiger partial charge in [-0.15, -0.1) is 0 Å². The van der Waals surface area contributed by atoms with E-state index in [4.69, 9.17) is 19.0 Å². The summed E-state index contributed by atoms with van der Waals surface area (Å²) in [4.78, 5) is 13.5. The molecule has 27 heavy (non-hydrogen) atoms.